The van der Waals surface area contributed by atoms with E-state index in [-0.39, 0.29) is 28.1 Å². The van der Waals surface area contributed by atoms with Gasteiger partial charge in [0.1, 0.15) is 5.67 Å². The van der Waals surface area contributed by atoms with E-state index in [0.29, 0.717) is 32.2 Å². The number of alkyl halides is 1. The van der Waals surface area contributed by atoms with Gasteiger partial charge >= 0.3 is 0 Å². The number of anilines is 1. The Morgan fingerprint density at radius 2 is 1.77 bits per heavy atom. The van der Waals surface area contributed by atoms with E-state index in [1.807, 2.05) is 24.1 Å². The van der Waals surface area contributed by atoms with Crippen molar-refractivity contribution in [3.63, 3.8) is 0 Å². The van der Waals surface area contributed by atoms with Crippen LogP contribution in [0.15, 0.2) is 41.1 Å². The van der Waals surface area contributed by atoms with Crippen LogP contribution in [-0.2, 0) is 10.2 Å². The number of carbonyl (C=O) groups is 1. The number of carbonyl (C=O) groups excluding carboxylic acids is 1. The molecule has 9 heteroatoms. The van der Waals surface area contributed by atoms with Gasteiger partial charge in [0.25, 0.3) is 0 Å². The molecule has 0 aliphatic heterocycles. The third-order valence-corrected chi connectivity index (χ3v) is 12.0. The van der Waals surface area contributed by atoms with E-state index in [9.17, 15) is 9.18 Å². The fourth-order valence-corrected chi connectivity index (χ4v) is 9.39. The Hall–Kier alpha value is -3.20. The average molecular weight is 600 g/mol. The fourth-order valence-electron chi connectivity index (χ4n) is 8.57. The summed E-state index contributed by atoms with van der Waals surface area (Å²) in [4.78, 5) is 30.1. The van der Waals surface area contributed by atoms with Gasteiger partial charge in [0, 0.05) is 41.7 Å². The molecular formula is C34H38FN5O2S. The molecule has 1 aromatic carbocycles. The Morgan fingerprint density at radius 3 is 2.44 bits per heavy atom. The van der Waals surface area contributed by atoms with Crippen LogP contribution in [-0.4, -0.2) is 38.2 Å². The Labute approximate surface area is 255 Å². The number of hydrogen-bond donors (Lipinski definition) is 0. The lowest BCUT2D eigenvalue weighted by Crippen LogP contribution is -2.65. The van der Waals surface area contributed by atoms with Gasteiger partial charge in [0.15, 0.2) is 11.5 Å². The molecule has 3 aromatic heterocycles. The molecule has 0 radical (unpaired) electrons. The summed E-state index contributed by atoms with van der Waals surface area (Å²) in [6.07, 6.45) is 10.0. The minimum absolute atomic E-state index is 0.0431. The van der Waals surface area contributed by atoms with E-state index < -0.39 is 5.67 Å². The zero-order chi connectivity index (χ0) is 29.6. The highest BCUT2D eigenvalue weighted by Crippen LogP contribution is 2.71. The summed E-state index contributed by atoms with van der Waals surface area (Å²) in [5.74, 6) is 1.95. The molecule has 0 spiro atoms. The predicted molar refractivity (Wildman–Crippen MR) is 165 cm³/mol. The van der Waals surface area contributed by atoms with Crippen LogP contribution in [0.3, 0.4) is 0 Å². The molecule has 1 amide bonds. The van der Waals surface area contributed by atoms with Gasteiger partial charge < -0.3 is 9.42 Å². The summed E-state index contributed by atoms with van der Waals surface area (Å²) < 4.78 is 21.3. The Bertz CT molecular complexity index is 1700. The topological polar surface area (TPSA) is 85.0 Å². The SMILES string of the molecule is Cc1nc2ncc(-c3cccc(N(CC45CCC(c6nc(C(C)C)no6)(CC4)CC5)C(=O)CC45CC(F)(C4)C5)c3)cc2s1. The van der Waals surface area contributed by atoms with Gasteiger partial charge in [0.05, 0.1) is 9.71 Å². The second-order valence-electron chi connectivity index (χ2n) is 14.6. The zero-order valence-corrected chi connectivity index (χ0v) is 26.0. The first kappa shape index (κ1) is 27.4. The van der Waals surface area contributed by atoms with Crippen molar-refractivity contribution in [2.24, 2.45) is 10.8 Å². The molecule has 0 saturated heterocycles. The molecule has 6 aliphatic rings. The molecule has 6 saturated carbocycles. The average Bonchev–Trinajstić information content (AvgIpc) is 3.62. The highest BCUT2D eigenvalue weighted by Gasteiger charge is 2.69. The van der Waals surface area contributed by atoms with Crippen LogP contribution >= 0.6 is 11.3 Å². The van der Waals surface area contributed by atoms with Crippen LogP contribution in [0.1, 0.15) is 101 Å². The van der Waals surface area contributed by atoms with Crippen molar-refractivity contribution in [2.45, 2.75) is 102 Å². The Kier molecular flexibility index (Phi) is 5.98. The number of aryl methyl sites for hydroxylation is 1. The van der Waals surface area contributed by atoms with Gasteiger partial charge in [-0.05, 0) is 99.3 Å². The van der Waals surface area contributed by atoms with Crippen molar-refractivity contribution in [1.29, 1.82) is 0 Å². The molecule has 0 N–H and O–H groups in total. The fraction of sp³-hybridized carbons (Fsp3) is 0.559. The summed E-state index contributed by atoms with van der Waals surface area (Å²) >= 11 is 1.64. The van der Waals surface area contributed by atoms with E-state index in [2.05, 4.69) is 53.2 Å². The number of thiazole rings is 1. The maximum absolute atomic E-state index is 14.4. The molecule has 6 aliphatic carbocycles. The van der Waals surface area contributed by atoms with E-state index in [4.69, 9.17) is 9.51 Å². The van der Waals surface area contributed by atoms with Crippen molar-refractivity contribution in [3.8, 4) is 11.1 Å². The molecule has 10 rings (SSSR count). The molecule has 4 aromatic rings. The molecular weight excluding hydrogens is 561 g/mol. The lowest BCUT2D eigenvalue weighted by atomic mass is 9.41. The highest BCUT2D eigenvalue weighted by molar-refractivity contribution is 7.18. The smallest absolute Gasteiger partial charge is 0.232 e. The summed E-state index contributed by atoms with van der Waals surface area (Å²) in [5, 5.41) is 5.26. The van der Waals surface area contributed by atoms with Gasteiger partial charge in [-0.15, -0.1) is 11.3 Å². The van der Waals surface area contributed by atoms with Crippen molar-refractivity contribution in [3.05, 3.63) is 53.3 Å². The number of pyridine rings is 1. The number of hydrogen-bond acceptors (Lipinski definition) is 7. The summed E-state index contributed by atoms with van der Waals surface area (Å²) in [6, 6.07) is 10.5. The summed E-state index contributed by atoms with van der Waals surface area (Å²) in [7, 11) is 0. The third-order valence-electron chi connectivity index (χ3n) is 11.1. The number of aromatic nitrogens is 4. The normalized spacial score (nSPS) is 30.8. The monoisotopic (exact) mass is 599 g/mol. The first-order chi connectivity index (χ1) is 20.6. The van der Waals surface area contributed by atoms with Crippen LogP contribution in [0.2, 0.25) is 0 Å². The maximum atomic E-state index is 14.4. The second kappa shape index (κ2) is 9.40. The van der Waals surface area contributed by atoms with Gasteiger partial charge in [-0.1, -0.05) is 31.1 Å². The summed E-state index contributed by atoms with van der Waals surface area (Å²) in [5.41, 5.74) is 2.60. The lowest BCUT2D eigenvalue weighted by molar-refractivity contribution is -0.215. The molecule has 224 valence electrons. The summed E-state index contributed by atoms with van der Waals surface area (Å²) in [6.45, 7) is 6.87. The number of halogens is 1. The first-order valence-corrected chi connectivity index (χ1v) is 16.6. The predicted octanol–water partition coefficient (Wildman–Crippen LogP) is 8.08. The van der Waals surface area contributed by atoms with Crippen molar-refractivity contribution < 1.29 is 13.7 Å². The molecule has 3 heterocycles. The molecule has 7 nitrogen and oxygen atoms in total. The van der Waals surface area contributed by atoms with Gasteiger partial charge in [-0.2, -0.15) is 4.98 Å². The number of fused-ring (bicyclic) bond motifs is 4. The molecule has 0 unspecified atom stereocenters. The first-order valence-electron chi connectivity index (χ1n) is 15.7. The molecule has 0 atom stereocenters. The van der Waals surface area contributed by atoms with Crippen LogP contribution in [0.25, 0.3) is 21.5 Å². The van der Waals surface area contributed by atoms with Crippen LogP contribution in [0.5, 0.6) is 0 Å². The molecule has 6 fully saturated rings. The van der Waals surface area contributed by atoms with E-state index in [1.165, 1.54) is 0 Å². The number of rotatable bonds is 8. The minimum atomic E-state index is -1.01. The van der Waals surface area contributed by atoms with Gasteiger partial charge in [0.2, 0.25) is 11.8 Å². The van der Waals surface area contributed by atoms with Crippen LogP contribution in [0.4, 0.5) is 10.1 Å². The van der Waals surface area contributed by atoms with E-state index in [1.54, 1.807) is 11.3 Å². The van der Waals surface area contributed by atoms with Crippen molar-refractivity contribution in [2.75, 3.05) is 11.4 Å². The van der Waals surface area contributed by atoms with Crippen LogP contribution < -0.4 is 4.90 Å². The Morgan fingerprint density at radius 1 is 1.02 bits per heavy atom. The maximum Gasteiger partial charge on any atom is 0.232 e. The minimum Gasteiger partial charge on any atom is -0.339 e. The second-order valence-corrected chi connectivity index (χ2v) is 15.8. The van der Waals surface area contributed by atoms with Crippen molar-refractivity contribution >= 4 is 33.3 Å². The van der Waals surface area contributed by atoms with E-state index in [0.717, 1.165) is 82.4 Å². The number of amides is 1. The molecule has 4 bridgehead atoms. The van der Waals surface area contributed by atoms with E-state index >= 15 is 0 Å². The Balaban J connectivity index is 1.07. The standard InChI is InChI=1S/C34H38FN5O2S/c1-21(2)28-38-30(42-39-28)33-10-7-31(8-11-33,9-12-33)20-40(27(41)15-32-17-34(35,18-32)19-32)25-6-4-5-23(13-25)24-14-26-29(36-16-24)37-22(3)43-26/h4-6,13-14,16,21H,7-12,15,17-20H2,1-3H3. The van der Waals surface area contributed by atoms with Gasteiger partial charge in [-0.25, -0.2) is 14.4 Å². The van der Waals surface area contributed by atoms with Gasteiger partial charge in [-0.3, -0.25) is 4.79 Å². The zero-order valence-electron chi connectivity index (χ0n) is 25.2. The third kappa shape index (κ3) is 4.52. The number of nitrogens with zero attached hydrogens (tertiary/aromatic N) is 5. The highest BCUT2D eigenvalue weighted by atomic mass is 32.1. The molecule has 43 heavy (non-hydrogen) atoms. The number of benzene rings is 1. The quantitative estimate of drug-likeness (QED) is 0.204. The van der Waals surface area contributed by atoms with Crippen LogP contribution in [0, 0.1) is 17.8 Å². The van der Waals surface area contributed by atoms with Crippen molar-refractivity contribution in [1.82, 2.24) is 20.1 Å². The lowest BCUT2D eigenvalue weighted by Gasteiger charge is -2.66. The largest absolute Gasteiger partial charge is 0.339 e.